The first-order valence-electron chi connectivity index (χ1n) is 3.60. The largest absolute Gasteiger partial charge is 0.481 e. The van der Waals surface area contributed by atoms with Crippen molar-refractivity contribution in [3.05, 3.63) is 24.0 Å². The van der Waals surface area contributed by atoms with E-state index in [1.54, 1.807) is 12.3 Å². The van der Waals surface area contributed by atoms with Gasteiger partial charge in [-0.15, -0.1) is 0 Å². The van der Waals surface area contributed by atoms with Crippen molar-refractivity contribution in [1.29, 1.82) is 0 Å². The van der Waals surface area contributed by atoms with Gasteiger partial charge in [-0.1, -0.05) is 0 Å². The molecule has 1 aromatic heterocycles. The second kappa shape index (κ2) is 3.71. The lowest BCUT2D eigenvalue weighted by Crippen LogP contribution is -2.00. The third-order valence-corrected chi connectivity index (χ3v) is 1.55. The first-order valence-corrected chi connectivity index (χ1v) is 3.60. The molecule has 4 nitrogen and oxygen atoms in total. The number of aromatic nitrogens is 1. The summed E-state index contributed by atoms with van der Waals surface area (Å²) in [5, 5.41) is 8.41. The Hall–Kier alpha value is -1.58. The predicted molar refractivity (Wildman–Crippen MR) is 44.6 cm³/mol. The fourth-order valence-corrected chi connectivity index (χ4v) is 0.905. The highest BCUT2D eigenvalue weighted by atomic mass is 16.4. The van der Waals surface area contributed by atoms with E-state index in [0.29, 0.717) is 12.1 Å². The Bertz CT molecular complexity index is 286. The summed E-state index contributed by atoms with van der Waals surface area (Å²) in [5.74, 6) is -0.814. The summed E-state index contributed by atoms with van der Waals surface area (Å²) in [6.45, 7) is 0. The molecule has 1 rings (SSSR count). The summed E-state index contributed by atoms with van der Waals surface area (Å²) in [6.07, 6.45) is 3.70. The van der Waals surface area contributed by atoms with Gasteiger partial charge in [-0.3, -0.25) is 9.78 Å². The molecule has 0 saturated carbocycles. The Morgan fingerprint density at radius 2 is 2.42 bits per heavy atom. The van der Waals surface area contributed by atoms with E-state index in [4.69, 9.17) is 10.8 Å². The smallest absolute Gasteiger partial charge is 0.303 e. The standard InChI is InChI=1S/C8H10N2O2/c9-7-5-10-4-3-6(7)1-2-8(11)12/h3-5H,1-2,9H2,(H,11,12). The third kappa shape index (κ3) is 2.23. The molecule has 1 heterocycles. The van der Waals surface area contributed by atoms with Crippen LogP contribution in [-0.4, -0.2) is 16.1 Å². The van der Waals surface area contributed by atoms with Crippen molar-refractivity contribution in [2.75, 3.05) is 5.73 Å². The molecule has 0 aliphatic heterocycles. The van der Waals surface area contributed by atoms with Gasteiger partial charge in [-0.2, -0.15) is 0 Å². The topological polar surface area (TPSA) is 76.2 Å². The lowest BCUT2D eigenvalue weighted by Gasteiger charge is -2.01. The molecular formula is C8H10N2O2. The molecule has 0 atom stereocenters. The zero-order valence-corrected chi connectivity index (χ0v) is 6.53. The zero-order chi connectivity index (χ0) is 8.97. The number of nitrogen functional groups attached to an aromatic ring is 1. The van der Waals surface area contributed by atoms with Crippen molar-refractivity contribution < 1.29 is 9.90 Å². The highest BCUT2D eigenvalue weighted by molar-refractivity contribution is 5.67. The minimum absolute atomic E-state index is 0.105. The summed E-state index contributed by atoms with van der Waals surface area (Å²) >= 11 is 0. The number of aryl methyl sites for hydroxylation is 1. The van der Waals surface area contributed by atoms with Gasteiger partial charge in [0.15, 0.2) is 0 Å². The van der Waals surface area contributed by atoms with Gasteiger partial charge < -0.3 is 10.8 Å². The van der Waals surface area contributed by atoms with E-state index in [2.05, 4.69) is 4.98 Å². The molecule has 0 aliphatic rings. The van der Waals surface area contributed by atoms with E-state index >= 15 is 0 Å². The number of aliphatic carboxylic acids is 1. The third-order valence-electron chi connectivity index (χ3n) is 1.55. The Morgan fingerprint density at radius 1 is 1.67 bits per heavy atom. The van der Waals surface area contributed by atoms with Gasteiger partial charge in [0, 0.05) is 12.6 Å². The zero-order valence-electron chi connectivity index (χ0n) is 6.53. The van der Waals surface area contributed by atoms with Gasteiger partial charge >= 0.3 is 5.97 Å². The van der Waals surface area contributed by atoms with Crippen molar-refractivity contribution in [2.24, 2.45) is 0 Å². The predicted octanol–water partition coefficient (Wildman–Crippen LogP) is 0.681. The number of carboxylic acid groups (broad SMARTS) is 1. The Balaban J connectivity index is 2.63. The lowest BCUT2D eigenvalue weighted by molar-refractivity contribution is -0.136. The monoisotopic (exact) mass is 166 g/mol. The first-order chi connectivity index (χ1) is 5.70. The molecule has 0 aliphatic carbocycles. The van der Waals surface area contributed by atoms with Crippen LogP contribution in [0.3, 0.4) is 0 Å². The van der Waals surface area contributed by atoms with Crippen LogP contribution in [0.1, 0.15) is 12.0 Å². The normalized spacial score (nSPS) is 9.67. The van der Waals surface area contributed by atoms with Gasteiger partial charge in [0.25, 0.3) is 0 Å². The number of hydrogen-bond acceptors (Lipinski definition) is 3. The maximum atomic E-state index is 10.2. The van der Waals surface area contributed by atoms with E-state index in [9.17, 15) is 4.79 Å². The molecule has 0 radical (unpaired) electrons. The highest BCUT2D eigenvalue weighted by Gasteiger charge is 2.01. The minimum Gasteiger partial charge on any atom is -0.481 e. The van der Waals surface area contributed by atoms with Crippen LogP contribution in [0.15, 0.2) is 18.5 Å². The summed E-state index contributed by atoms with van der Waals surface area (Å²) in [6, 6.07) is 1.73. The van der Waals surface area contributed by atoms with E-state index in [1.807, 2.05) is 0 Å². The van der Waals surface area contributed by atoms with E-state index in [0.717, 1.165) is 5.56 Å². The molecular weight excluding hydrogens is 156 g/mol. The number of anilines is 1. The average Bonchev–Trinajstić information content (AvgIpc) is 2.03. The van der Waals surface area contributed by atoms with E-state index < -0.39 is 5.97 Å². The van der Waals surface area contributed by atoms with Crippen molar-refractivity contribution in [2.45, 2.75) is 12.8 Å². The van der Waals surface area contributed by atoms with Crippen LogP contribution in [0.2, 0.25) is 0 Å². The molecule has 0 amide bonds. The number of rotatable bonds is 3. The minimum atomic E-state index is -0.814. The summed E-state index contributed by atoms with van der Waals surface area (Å²) in [4.78, 5) is 14.0. The number of nitrogens with two attached hydrogens (primary N) is 1. The highest BCUT2D eigenvalue weighted by Crippen LogP contribution is 2.10. The van der Waals surface area contributed by atoms with Crippen molar-refractivity contribution >= 4 is 11.7 Å². The molecule has 0 fully saturated rings. The van der Waals surface area contributed by atoms with Gasteiger partial charge in [0.2, 0.25) is 0 Å². The van der Waals surface area contributed by atoms with Crippen LogP contribution >= 0.6 is 0 Å². The second-order valence-corrected chi connectivity index (χ2v) is 2.47. The Kier molecular flexibility index (Phi) is 2.63. The molecule has 12 heavy (non-hydrogen) atoms. The lowest BCUT2D eigenvalue weighted by atomic mass is 10.1. The second-order valence-electron chi connectivity index (χ2n) is 2.47. The van der Waals surface area contributed by atoms with Crippen LogP contribution in [0, 0.1) is 0 Å². The summed E-state index contributed by atoms with van der Waals surface area (Å²) in [7, 11) is 0. The number of carboxylic acids is 1. The maximum Gasteiger partial charge on any atom is 0.303 e. The van der Waals surface area contributed by atoms with Gasteiger partial charge in [0.05, 0.1) is 11.9 Å². The molecule has 0 bridgehead atoms. The first kappa shape index (κ1) is 8.52. The van der Waals surface area contributed by atoms with E-state index in [1.165, 1.54) is 6.20 Å². The number of nitrogens with zero attached hydrogens (tertiary/aromatic N) is 1. The summed E-state index contributed by atoms with van der Waals surface area (Å²) < 4.78 is 0. The number of hydrogen-bond donors (Lipinski definition) is 2. The molecule has 0 saturated heterocycles. The van der Waals surface area contributed by atoms with Crippen LogP contribution in [0.5, 0.6) is 0 Å². The van der Waals surface area contributed by atoms with Gasteiger partial charge in [0.1, 0.15) is 0 Å². The van der Waals surface area contributed by atoms with E-state index in [-0.39, 0.29) is 6.42 Å². The fraction of sp³-hybridized carbons (Fsp3) is 0.250. The van der Waals surface area contributed by atoms with Gasteiger partial charge in [-0.25, -0.2) is 0 Å². The van der Waals surface area contributed by atoms with Crippen molar-refractivity contribution in [3.63, 3.8) is 0 Å². The molecule has 1 aromatic rings. The summed E-state index contributed by atoms with van der Waals surface area (Å²) in [5.41, 5.74) is 6.95. The van der Waals surface area contributed by atoms with Crippen LogP contribution in [0.25, 0.3) is 0 Å². The molecule has 4 heteroatoms. The van der Waals surface area contributed by atoms with Crippen molar-refractivity contribution in [3.8, 4) is 0 Å². The van der Waals surface area contributed by atoms with Crippen LogP contribution in [-0.2, 0) is 11.2 Å². The quantitative estimate of drug-likeness (QED) is 0.692. The van der Waals surface area contributed by atoms with Crippen molar-refractivity contribution in [1.82, 2.24) is 4.98 Å². The Morgan fingerprint density at radius 3 is 3.00 bits per heavy atom. The molecule has 0 unspecified atom stereocenters. The fourth-order valence-electron chi connectivity index (χ4n) is 0.905. The number of pyridine rings is 1. The molecule has 0 spiro atoms. The molecule has 64 valence electrons. The SMILES string of the molecule is Nc1cnccc1CCC(=O)O. The maximum absolute atomic E-state index is 10.2. The molecule has 0 aromatic carbocycles. The number of carbonyl (C=O) groups is 1. The average molecular weight is 166 g/mol. The molecule has 3 N–H and O–H groups in total. The van der Waals surface area contributed by atoms with Crippen LogP contribution < -0.4 is 5.73 Å². The van der Waals surface area contributed by atoms with Gasteiger partial charge in [-0.05, 0) is 18.1 Å². The van der Waals surface area contributed by atoms with Crippen LogP contribution in [0.4, 0.5) is 5.69 Å². The Labute approximate surface area is 70.0 Å².